The van der Waals surface area contributed by atoms with Crippen LogP contribution in [0.1, 0.15) is 44.9 Å². The Bertz CT molecular complexity index is 271. The van der Waals surface area contributed by atoms with Crippen LogP contribution in [0.5, 0.6) is 0 Å². The molecular formula is C15H32Cl3N3. The van der Waals surface area contributed by atoms with Gasteiger partial charge in [-0.1, -0.05) is 6.42 Å². The molecule has 3 aliphatic rings. The second kappa shape index (κ2) is 10.5. The zero-order valence-electron chi connectivity index (χ0n) is 12.9. The van der Waals surface area contributed by atoms with Gasteiger partial charge in [-0.3, -0.25) is 0 Å². The van der Waals surface area contributed by atoms with Gasteiger partial charge in [0.1, 0.15) is 0 Å². The van der Waals surface area contributed by atoms with E-state index in [0.29, 0.717) is 6.04 Å². The highest BCUT2D eigenvalue weighted by Gasteiger charge is 2.34. The van der Waals surface area contributed by atoms with Crippen LogP contribution >= 0.6 is 37.2 Å². The summed E-state index contributed by atoms with van der Waals surface area (Å²) in [6, 6.07) is 1.38. The first-order valence-electron chi connectivity index (χ1n) is 8.05. The summed E-state index contributed by atoms with van der Waals surface area (Å²) < 4.78 is 0. The molecule has 3 nitrogen and oxygen atoms in total. The summed E-state index contributed by atoms with van der Waals surface area (Å²) in [5, 5.41) is 0. The molecule has 6 heteroatoms. The van der Waals surface area contributed by atoms with Crippen LogP contribution in [0, 0.1) is 5.92 Å². The van der Waals surface area contributed by atoms with E-state index in [1.165, 1.54) is 77.7 Å². The Morgan fingerprint density at radius 2 is 1.43 bits per heavy atom. The zero-order valence-corrected chi connectivity index (χ0v) is 15.4. The van der Waals surface area contributed by atoms with Crippen molar-refractivity contribution in [3.63, 3.8) is 0 Å². The summed E-state index contributed by atoms with van der Waals surface area (Å²) in [5.41, 5.74) is 6.00. The normalized spacial score (nSPS) is 31.3. The van der Waals surface area contributed by atoms with Crippen molar-refractivity contribution in [2.45, 2.75) is 57.0 Å². The van der Waals surface area contributed by atoms with Gasteiger partial charge in [0.15, 0.2) is 0 Å². The second-order valence-electron chi connectivity index (χ2n) is 6.64. The Morgan fingerprint density at radius 3 is 2.14 bits per heavy atom. The van der Waals surface area contributed by atoms with Crippen LogP contribution in [0.15, 0.2) is 0 Å². The van der Waals surface area contributed by atoms with Crippen molar-refractivity contribution in [2.24, 2.45) is 11.7 Å². The van der Waals surface area contributed by atoms with E-state index in [-0.39, 0.29) is 37.2 Å². The molecule has 0 aliphatic carbocycles. The lowest BCUT2D eigenvalue weighted by molar-refractivity contribution is 0.0361. The molecule has 3 rings (SSSR count). The van der Waals surface area contributed by atoms with Crippen molar-refractivity contribution < 1.29 is 0 Å². The van der Waals surface area contributed by atoms with Crippen LogP contribution in [-0.2, 0) is 0 Å². The minimum absolute atomic E-state index is 0. The molecule has 2 N–H and O–H groups in total. The molecule has 0 aromatic heterocycles. The third kappa shape index (κ3) is 5.71. The molecule has 21 heavy (non-hydrogen) atoms. The van der Waals surface area contributed by atoms with Gasteiger partial charge >= 0.3 is 0 Å². The van der Waals surface area contributed by atoms with Gasteiger partial charge in [0.25, 0.3) is 0 Å². The van der Waals surface area contributed by atoms with E-state index < -0.39 is 0 Å². The molecule has 128 valence electrons. The Morgan fingerprint density at radius 1 is 0.762 bits per heavy atom. The number of hydrogen-bond acceptors (Lipinski definition) is 3. The Labute approximate surface area is 148 Å². The van der Waals surface area contributed by atoms with E-state index in [1.807, 2.05) is 0 Å². The average molecular weight is 361 g/mol. The van der Waals surface area contributed by atoms with Gasteiger partial charge in [0.2, 0.25) is 0 Å². The molecule has 0 aromatic carbocycles. The molecule has 0 amide bonds. The van der Waals surface area contributed by atoms with Crippen LogP contribution in [0.25, 0.3) is 0 Å². The van der Waals surface area contributed by atoms with Crippen LogP contribution in [0.2, 0.25) is 0 Å². The van der Waals surface area contributed by atoms with Gasteiger partial charge in [-0.15, -0.1) is 37.2 Å². The standard InChI is InChI=1S/C15H29N3.3ClH/c16-14-6-10-17(11-7-14)12-13-4-3-9-18-8-2-1-5-15(13)18;;;/h13-15H,1-12,16H2;3*1H. The number of nitrogens with two attached hydrogens (primary N) is 1. The van der Waals surface area contributed by atoms with Gasteiger partial charge in [-0.2, -0.15) is 0 Å². The molecule has 3 aliphatic heterocycles. The number of nitrogens with zero attached hydrogens (tertiary/aromatic N) is 2. The van der Waals surface area contributed by atoms with E-state index in [2.05, 4.69) is 9.80 Å². The highest BCUT2D eigenvalue weighted by molar-refractivity contribution is 5.86. The Hall–Kier alpha value is 0.750. The maximum absolute atomic E-state index is 6.00. The first-order valence-corrected chi connectivity index (χ1v) is 8.05. The molecule has 0 bridgehead atoms. The van der Waals surface area contributed by atoms with Crippen molar-refractivity contribution >= 4 is 37.2 Å². The molecule has 0 aromatic rings. The summed E-state index contributed by atoms with van der Waals surface area (Å²) >= 11 is 0. The minimum atomic E-state index is 0. The first kappa shape index (κ1) is 21.8. The molecule has 2 atom stereocenters. The molecule has 0 spiro atoms. The second-order valence-corrected chi connectivity index (χ2v) is 6.64. The third-order valence-electron chi connectivity index (χ3n) is 5.35. The topological polar surface area (TPSA) is 32.5 Å². The highest BCUT2D eigenvalue weighted by Crippen LogP contribution is 2.31. The van der Waals surface area contributed by atoms with E-state index in [0.717, 1.165) is 12.0 Å². The van der Waals surface area contributed by atoms with E-state index in [9.17, 15) is 0 Å². The minimum Gasteiger partial charge on any atom is -0.328 e. The predicted octanol–water partition coefficient (Wildman–Crippen LogP) is 2.94. The van der Waals surface area contributed by atoms with Crippen LogP contribution in [0.4, 0.5) is 0 Å². The molecule has 3 saturated heterocycles. The number of fused-ring (bicyclic) bond motifs is 1. The number of hydrogen-bond donors (Lipinski definition) is 1. The Kier molecular flexibility index (Phi) is 10.9. The lowest BCUT2D eigenvalue weighted by Crippen LogP contribution is -2.52. The smallest absolute Gasteiger partial charge is 0.0136 e. The van der Waals surface area contributed by atoms with E-state index in [4.69, 9.17) is 5.73 Å². The van der Waals surface area contributed by atoms with Crippen molar-refractivity contribution in [3.8, 4) is 0 Å². The van der Waals surface area contributed by atoms with Gasteiger partial charge in [-0.05, 0) is 70.6 Å². The number of piperidine rings is 3. The van der Waals surface area contributed by atoms with Gasteiger partial charge < -0.3 is 15.5 Å². The quantitative estimate of drug-likeness (QED) is 0.821. The molecule has 3 fully saturated rings. The van der Waals surface area contributed by atoms with Crippen LogP contribution < -0.4 is 5.73 Å². The first-order chi connectivity index (χ1) is 8.83. The molecule has 0 saturated carbocycles. The van der Waals surface area contributed by atoms with Crippen LogP contribution in [-0.4, -0.2) is 54.6 Å². The maximum atomic E-state index is 6.00. The lowest BCUT2D eigenvalue weighted by atomic mass is 9.83. The van der Waals surface area contributed by atoms with Crippen molar-refractivity contribution in [1.29, 1.82) is 0 Å². The van der Waals surface area contributed by atoms with Crippen LogP contribution in [0.3, 0.4) is 0 Å². The van der Waals surface area contributed by atoms with Crippen molar-refractivity contribution in [3.05, 3.63) is 0 Å². The highest BCUT2D eigenvalue weighted by atomic mass is 35.5. The largest absolute Gasteiger partial charge is 0.328 e. The lowest BCUT2D eigenvalue weighted by Gasteiger charge is -2.46. The average Bonchev–Trinajstić information content (AvgIpc) is 2.42. The van der Waals surface area contributed by atoms with E-state index in [1.54, 1.807) is 0 Å². The zero-order chi connectivity index (χ0) is 12.4. The Balaban J connectivity index is 0.00000133. The maximum Gasteiger partial charge on any atom is 0.0136 e. The van der Waals surface area contributed by atoms with Gasteiger partial charge in [-0.25, -0.2) is 0 Å². The van der Waals surface area contributed by atoms with Crippen molar-refractivity contribution in [2.75, 3.05) is 32.7 Å². The fourth-order valence-electron chi connectivity index (χ4n) is 4.26. The number of halogens is 3. The third-order valence-corrected chi connectivity index (χ3v) is 5.35. The predicted molar refractivity (Wildman–Crippen MR) is 97.3 cm³/mol. The summed E-state index contributed by atoms with van der Waals surface area (Å²) in [6.45, 7) is 6.56. The van der Waals surface area contributed by atoms with Crippen molar-refractivity contribution in [1.82, 2.24) is 9.80 Å². The molecule has 2 unspecified atom stereocenters. The molecule has 0 radical (unpaired) electrons. The van der Waals surface area contributed by atoms with Gasteiger partial charge in [0.05, 0.1) is 0 Å². The SMILES string of the molecule is Cl.Cl.Cl.NC1CCN(CC2CCCN3CCCCC23)CC1. The number of likely N-dealkylation sites (tertiary alicyclic amines) is 1. The summed E-state index contributed by atoms with van der Waals surface area (Å²) in [4.78, 5) is 5.47. The number of rotatable bonds is 2. The molecule has 3 heterocycles. The summed E-state index contributed by atoms with van der Waals surface area (Å²) in [5.74, 6) is 0.938. The van der Waals surface area contributed by atoms with Gasteiger partial charge in [0, 0.05) is 18.6 Å². The molecular weight excluding hydrogens is 329 g/mol. The van der Waals surface area contributed by atoms with E-state index >= 15 is 0 Å². The summed E-state index contributed by atoms with van der Waals surface area (Å²) in [7, 11) is 0. The fourth-order valence-corrected chi connectivity index (χ4v) is 4.26. The summed E-state index contributed by atoms with van der Waals surface area (Å²) in [6.07, 6.45) is 9.66. The fraction of sp³-hybridized carbons (Fsp3) is 1.00. The monoisotopic (exact) mass is 359 g/mol.